The van der Waals surface area contributed by atoms with Gasteiger partial charge >= 0.3 is 0 Å². The average molecular weight is 224 g/mol. The standard InChI is InChI=1S/C10H10ClN3O/c1-6-5-7(11)8(10(14-6)15-2)9-12-3-4-13-9/h3-5H,1-2H3,(H,12,13). The molecule has 5 heteroatoms. The largest absolute Gasteiger partial charge is 0.480 e. The normalized spacial score (nSPS) is 10.3. The van der Waals surface area contributed by atoms with Gasteiger partial charge < -0.3 is 9.72 Å². The van der Waals surface area contributed by atoms with Crippen molar-refractivity contribution in [3.05, 3.63) is 29.2 Å². The van der Waals surface area contributed by atoms with Gasteiger partial charge in [0.25, 0.3) is 0 Å². The first kappa shape index (κ1) is 9.98. The summed E-state index contributed by atoms with van der Waals surface area (Å²) in [7, 11) is 1.56. The molecule has 0 radical (unpaired) electrons. The summed E-state index contributed by atoms with van der Waals surface area (Å²) in [6.07, 6.45) is 3.38. The van der Waals surface area contributed by atoms with Gasteiger partial charge in [0.05, 0.1) is 17.7 Å². The van der Waals surface area contributed by atoms with Crippen LogP contribution in [0, 0.1) is 6.92 Å². The Morgan fingerprint density at radius 1 is 1.47 bits per heavy atom. The van der Waals surface area contributed by atoms with Gasteiger partial charge in [0.1, 0.15) is 5.82 Å². The minimum atomic E-state index is 0.481. The van der Waals surface area contributed by atoms with E-state index in [1.807, 2.05) is 6.92 Å². The third-order valence-electron chi connectivity index (χ3n) is 1.99. The number of aromatic amines is 1. The summed E-state index contributed by atoms with van der Waals surface area (Å²) in [5, 5.41) is 0.578. The van der Waals surface area contributed by atoms with E-state index in [0.29, 0.717) is 22.3 Å². The number of imidazole rings is 1. The van der Waals surface area contributed by atoms with Crippen LogP contribution in [0.2, 0.25) is 5.02 Å². The van der Waals surface area contributed by atoms with Crippen LogP contribution in [0.3, 0.4) is 0 Å². The Morgan fingerprint density at radius 3 is 2.87 bits per heavy atom. The number of rotatable bonds is 2. The molecule has 1 N–H and O–H groups in total. The molecule has 0 unspecified atom stereocenters. The quantitative estimate of drug-likeness (QED) is 0.851. The number of H-pyrrole nitrogens is 1. The molecule has 4 nitrogen and oxygen atoms in total. The van der Waals surface area contributed by atoms with E-state index in [1.165, 1.54) is 0 Å². The second-order valence-electron chi connectivity index (χ2n) is 3.07. The van der Waals surface area contributed by atoms with Gasteiger partial charge in [0.2, 0.25) is 5.88 Å². The zero-order valence-electron chi connectivity index (χ0n) is 8.41. The van der Waals surface area contributed by atoms with Crippen LogP contribution in [0.5, 0.6) is 5.88 Å². The van der Waals surface area contributed by atoms with Gasteiger partial charge in [-0.05, 0) is 13.0 Å². The molecule has 0 saturated heterocycles. The van der Waals surface area contributed by atoms with Gasteiger partial charge in [-0.15, -0.1) is 0 Å². The summed E-state index contributed by atoms with van der Waals surface area (Å²) in [6.45, 7) is 1.86. The first-order chi connectivity index (χ1) is 7.22. The van der Waals surface area contributed by atoms with Gasteiger partial charge in [-0.1, -0.05) is 11.6 Å². The summed E-state index contributed by atoms with van der Waals surface area (Å²) in [6, 6.07) is 1.78. The van der Waals surface area contributed by atoms with E-state index in [9.17, 15) is 0 Å². The molecule has 0 atom stereocenters. The molecule has 78 valence electrons. The van der Waals surface area contributed by atoms with E-state index in [-0.39, 0.29) is 0 Å². The molecule has 0 fully saturated rings. The Hall–Kier alpha value is -1.55. The van der Waals surface area contributed by atoms with Crippen LogP contribution in [0.25, 0.3) is 11.4 Å². The molecule has 0 aliphatic carbocycles. The molecule has 0 aromatic carbocycles. The molecule has 0 bridgehead atoms. The average Bonchev–Trinajstić information content (AvgIpc) is 2.69. The molecule has 0 aliphatic heterocycles. The third-order valence-corrected chi connectivity index (χ3v) is 2.29. The fourth-order valence-electron chi connectivity index (χ4n) is 1.37. The van der Waals surface area contributed by atoms with Crippen LogP contribution in [0.15, 0.2) is 18.5 Å². The van der Waals surface area contributed by atoms with Crippen molar-refractivity contribution in [1.29, 1.82) is 0 Å². The molecule has 2 heterocycles. The highest BCUT2D eigenvalue weighted by atomic mass is 35.5. The van der Waals surface area contributed by atoms with Crippen molar-refractivity contribution in [3.63, 3.8) is 0 Å². The van der Waals surface area contributed by atoms with Crippen LogP contribution >= 0.6 is 11.6 Å². The maximum absolute atomic E-state index is 6.12. The van der Waals surface area contributed by atoms with Gasteiger partial charge in [0, 0.05) is 18.1 Å². The van der Waals surface area contributed by atoms with E-state index in [4.69, 9.17) is 16.3 Å². The summed E-state index contributed by atoms with van der Waals surface area (Å²) in [4.78, 5) is 11.3. The molecular weight excluding hydrogens is 214 g/mol. The summed E-state index contributed by atoms with van der Waals surface area (Å²) < 4.78 is 5.18. The molecule has 0 amide bonds. The van der Waals surface area contributed by atoms with Gasteiger partial charge in [-0.3, -0.25) is 0 Å². The second kappa shape index (κ2) is 3.90. The highest BCUT2D eigenvalue weighted by Crippen LogP contribution is 2.33. The number of nitrogens with zero attached hydrogens (tertiary/aromatic N) is 2. The van der Waals surface area contributed by atoms with Crippen molar-refractivity contribution in [2.45, 2.75) is 6.92 Å². The van der Waals surface area contributed by atoms with Crippen LogP contribution in [-0.2, 0) is 0 Å². The molecule has 15 heavy (non-hydrogen) atoms. The second-order valence-corrected chi connectivity index (χ2v) is 3.47. The van der Waals surface area contributed by atoms with Crippen LogP contribution in [0.1, 0.15) is 5.69 Å². The highest BCUT2D eigenvalue weighted by molar-refractivity contribution is 6.33. The van der Waals surface area contributed by atoms with E-state index in [1.54, 1.807) is 25.6 Å². The molecule has 2 aromatic rings. The lowest BCUT2D eigenvalue weighted by atomic mass is 10.2. The van der Waals surface area contributed by atoms with Crippen molar-refractivity contribution in [2.75, 3.05) is 7.11 Å². The zero-order valence-corrected chi connectivity index (χ0v) is 9.17. The number of methoxy groups -OCH3 is 1. The number of hydrogen-bond acceptors (Lipinski definition) is 3. The highest BCUT2D eigenvalue weighted by Gasteiger charge is 2.14. The Morgan fingerprint density at radius 2 is 2.27 bits per heavy atom. The number of pyridine rings is 1. The Labute approximate surface area is 92.3 Å². The van der Waals surface area contributed by atoms with Crippen molar-refractivity contribution < 1.29 is 4.74 Å². The van der Waals surface area contributed by atoms with Gasteiger partial charge in [0.15, 0.2) is 0 Å². The van der Waals surface area contributed by atoms with Gasteiger partial charge in [-0.25, -0.2) is 9.97 Å². The molecule has 2 aromatic heterocycles. The summed E-state index contributed by atoms with van der Waals surface area (Å²) >= 11 is 6.12. The SMILES string of the molecule is COc1nc(C)cc(Cl)c1-c1ncc[nH]1. The van der Waals surface area contributed by atoms with Crippen LogP contribution in [0.4, 0.5) is 0 Å². The number of ether oxygens (including phenoxy) is 1. The van der Waals surface area contributed by atoms with Crippen molar-refractivity contribution in [2.24, 2.45) is 0 Å². The fraction of sp³-hybridized carbons (Fsp3) is 0.200. The van der Waals surface area contributed by atoms with Gasteiger partial charge in [-0.2, -0.15) is 0 Å². The predicted molar refractivity (Wildman–Crippen MR) is 58.1 cm³/mol. The summed E-state index contributed by atoms with van der Waals surface area (Å²) in [5.74, 6) is 1.14. The molecule has 2 rings (SSSR count). The number of halogens is 1. The van der Waals surface area contributed by atoms with Crippen molar-refractivity contribution in [3.8, 4) is 17.3 Å². The van der Waals surface area contributed by atoms with Crippen LogP contribution in [-0.4, -0.2) is 22.1 Å². The smallest absolute Gasteiger partial charge is 0.226 e. The number of aromatic nitrogens is 3. The fourth-order valence-corrected chi connectivity index (χ4v) is 1.70. The minimum absolute atomic E-state index is 0.481. The third kappa shape index (κ3) is 1.80. The lowest BCUT2D eigenvalue weighted by Gasteiger charge is -2.08. The topological polar surface area (TPSA) is 50.8 Å². The number of nitrogens with one attached hydrogen (secondary N) is 1. The van der Waals surface area contributed by atoms with E-state index < -0.39 is 0 Å². The Bertz CT molecular complexity index is 468. The monoisotopic (exact) mass is 223 g/mol. The van der Waals surface area contributed by atoms with Crippen molar-refractivity contribution >= 4 is 11.6 Å². The summed E-state index contributed by atoms with van der Waals surface area (Å²) in [5.41, 5.74) is 1.50. The Balaban J connectivity index is 2.64. The lowest BCUT2D eigenvalue weighted by molar-refractivity contribution is 0.398. The number of hydrogen-bond donors (Lipinski definition) is 1. The lowest BCUT2D eigenvalue weighted by Crippen LogP contribution is -1.95. The minimum Gasteiger partial charge on any atom is -0.480 e. The molecule has 0 saturated carbocycles. The first-order valence-electron chi connectivity index (χ1n) is 4.43. The number of aryl methyl sites for hydroxylation is 1. The predicted octanol–water partition coefficient (Wildman–Crippen LogP) is 2.44. The van der Waals surface area contributed by atoms with E-state index >= 15 is 0 Å². The first-order valence-corrected chi connectivity index (χ1v) is 4.81. The van der Waals surface area contributed by atoms with E-state index in [0.717, 1.165) is 5.69 Å². The maximum atomic E-state index is 6.12. The van der Waals surface area contributed by atoms with Crippen molar-refractivity contribution in [1.82, 2.24) is 15.0 Å². The van der Waals surface area contributed by atoms with E-state index in [2.05, 4.69) is 15.0 Å². The molecular formula is C10H10ClN3O. The molecule has 0 spiro atoms. The van der Waals surface area contributed by atoms with Crippen LogP contribution < -0.4 is 4.74 Å². The molecule has 0 aliphatic rings. The zero-order chi connectivity index (χ0) is 10.8. The maximum Gasteiger partial charge on any atom is 0.226 e. The Kier molecular flexibility index (Phi) is 2.60.